The molecule has 27 heavy (non-hydrogen) atoms. The lowest BCUT2D eigenvalue weighted by Gasteiger charge is -2.30. The molecule has 2 aliphatic rings. The van der Waals surface area contributed by atoms with Gasteiger partial charge in [-0.05, 0) is 36.6 Å². The first kappa shape index (κ1) is 17.9. The van der Waals surface area contributed by atoms with Gasteiger partial charge in [-0.3, -0.25) is 14.5 Å². The Bertz CT molecular complexity index is 873. The van der Waals surface area contributed by atoms with Crippen molar-refractivity contribution in [1.82, 2.24) is 5.32 Å². The van der Waals surface area contributed by atoms with Crippen molar-refractivity contribution in [3.8, 4) is 0 Å². The predicted molar refractivity (Wildman–Crippen MR) is 109 cm³/mol. The number of hydrogen-bond acceptors (Lipinski definition) is 3. The second-order valence-electron chi connectivity index (χ2n) is 6.93. The minimum atomic E-state index is -0.121. The Labute approximate surface area is 163 Å². The molecule has 0 unspecified atom stereocenters. The summed E-state index contributed by atoms with van der Waals surface area (Å²) < 4.78 is 0. The number of carbonyl (C=O) groups excluding carboxylic acids is 2. The molecule has 2 amide bonds. The highest BCUT2D eigenvalue weighted by Gasteiger charge is 2.31. The number of nitrogens with one attached hydrogen (secondary N) is 1. The number of fused-ring (bicyclic) bond motifs is 1. The van der Waals surface area contributed by atoms with Crippen molar-refractivity contribution >= 4 is 35.3 Å². The van der Waals surface area contributed by atoms with Gasteiger partial charge in [0, 0.05) is 10.9 Å². The van der Waals surface area contributed by atoms with Crippen molar-refractivity contribution in [3.63, 3.8) is 0 Å². The Morgan fingerprint density at radius 1 is 1.07 bits per heavy atom. The minimum Gasteiger partial charge on any atom is -0.352 e. The molecule has 0 aromatic heterocycles. The fourth-order valence-electron chi connectivity index (χ4n) is 3.61. The standard InChI is InChI=1S/C22H22N2O2S/c25-21(23-17-10-4-5-11-17)15-24-18-12-6-7-13-19(18)27-20(22(24)26)14-16-8-2-1-3-9-16/h1-3,6-9,12-14,17H,4-5,10-11,15H2,(H,23,25). The smallest absolute Gasteiger partial charge is 0.265 e. The van der Waals surface area contributed by atoms with Gasteiger partial charge in [0.05, 0.1) is 10.6 Å². The van der Waals surface area contributed by atoms with Crippen LogP contribution in [0.25, 0.3) is 6.08 Å². The monoisotopic (exact) mass is 378 g/mol. The molecule has 0 bridgehead atoms. The highest BCUT2D eigenvalue weighted by atomic mass is 32.2. The lowest BCUT2D eigenvalue weighted by Crippen LogP contribution is -2.45. The second kappa shape index (κ2) is 8.01. The van der Waals surface area contributed by atoms with Crippen LogP contribution < -0.4 is 10.2 Å². The zero-order chi connectivity index (χ0) is 18.6. The van der Waals surface area contributed by atoms with E-state index >= 15 is 0 Å². The molecule has 1 heterocycles. The third-order valence-electron chi connectivity index (χ3n) is 4.95. The van der Waals surface area contributed by atoms with Crippen LogP contribution in [0, 0.1) is 0 Å². The molecule has 4 nitrogen and oxygen atoms in total. The van der Waals surface area contributed by atoms with Crippen molar-refractivity contribution in [3.05, 3.63) is 65.1 Å². The maximum Gasteiger partial charge on any atom is 0.265 e. The number of hydrogen-bond donors (Lipinski definition) is 1. The van der Waals surface area contributed by atoms with Gasteiger partial charge in [-0.1, -0.05) is 67.1 Å². The number of nitrogens with zero attached hydrogens (tertiary/aromatic N) is 1. The van der Waals surface area contributed by atoms with Crippen molar-refractivity contribution < 1.29 is 9.59 Å². The van der Waals surface area contributed by atoms with Crippen LogP contribution in [-0.2, 0) is 9.59 Å². The summed E-state index contributed by atoms with van der Waals surface area (Å²) in [5.74, 6) is -0.208. The van der Waals surface area contributed by atoms with Crippen LogP contribution in [0.3, 0.4) is 0 Å². The number of thioether (sulfide) groups is 1. The maximum atomic E-state index is 13.1. The summed E-state index contributed by atoms with van der Waals surface area (Å²) in [6, 6.07) is 17.8. The van der Waals surface area contributed by atoms with Gasteiger partial charge < -0.3 is 5.32 Å². The molecular formula is C22H22N2O2S. The molecule has 4 rings (SSSR count). The lowest BCUT2D eigenvalue weighted by molar-refractivity contribution is -0.122. The summed E-state index contributed by atoms with van der Waals surface area (Å²) in [6.45, 7) is 0.0546. The largest absolute Gasteiger partial charge is 0.352 e. The maximum absolute atomic E-state index is 13.1. The average molecular weight is 378 g/mol. The number of benzene rings is 2. The number of anilines is 1. The molecule has 1 N–H and O–H groups in total. The Hall–Kier alpha value is -2.53. The van der Waals surface area contributed by atoms with E-state index in [1.165, 1.54) is 11.8 Å². The summed E-state index contributed by atoms with van der Waals surface area (Å²) in [4.78, 5) is 28.9. The number of para-hydroxylation sites is 1. The molecule has 0 saturated heterocycles. The first-order valence-corrected chi connectivity index (χ1v) is 10.2. The first-order chi connectivity index (χ1) is 13.2. The van der Waals surface area contributed by atoms with E-state index in [1.54, 1.807) is 4.90 Å². The van der Waals surface area contributed by atoms with Crippen LogP contribution in [0.1, 0.15) is 31.2 Å². The van der Waals surface area contributed by atoms with Crippen LogP contribution in [0.2, 0.25) is 0 Å². The van der Waals surface area contributed by atoms with Crippen molar-refractivity contribution in [2.24, 2.45) is 0 Å². The molecule has 2 aromatic rings. The molecule has 1 aliphatic carbocycles. The van der Waals surface area contributed by atoms with E-state index in [2.05, 4.69) is 5.32 Å². The molecule has 138 valence electrons. The van der Waals surface area contributed by atoms with Crippen molar-refractivity contribution in [2.75, 3.05) is 11.4 Å². The van der Waals surface area contributed by atoms with Crippen molar-refractivity contribution in [1.29, 1.82) is 0 Å². The van der Waals surface area contributed by atoms with Crippen LogP contribution in [0.15, 0.2) is 64.4 Å². The van der Waals surface area contributed by atoms with E-state index in [4.69, 9.17) is 0 Å². The quantitative estimate of drug-likeness (QED) is 0.810. The lowest BCUT2D eigenvalue weighted by atomic mass is 10.2. The number of amides is 2. The summed E-state index contributed by atoms with van der Waals surface area (Å²) in [5.41, 5.74) is 1.78. The number of rotatable bonds is 4. The fraction of sp³-hybridized carbons (Fsp3) is 0.273. The Kier molecular flexibility index (Phi) is 5.30. The predicted octanol–water partition coefficient (Wildman–Crippen LogP) is 4.23. The van der Waals surface area contributed by atoms with E-state index in [0.717, 1.165) is 41.8 Å². The molecule has 1 saturated carbocycles. The molecule has 5 heteroatoms. The molecule has 1 aliphatic heterocycles. The summed E-state index contributed by atoms with van der Waals surface area (Å²) >= 11 is 1.46. The van der Waals surface area contributed by atoms with Gasteiger partial charge in [0.2, 0.25) is 5.91 Å². The topological polar surface area (TPSA) is 49.4 Å². The van der Waals surface area contributed by atoms with Gasteiger partial charge in [0.25, 0.3) is 5.91 Å². The number of carbonyl (C=O) groups is 2. The first-order valence-electron chi connectivity index (χ1n) is 9.35. The second-order valence-corrected chi connectivity index (χ2v) is 8.01. The molecule has 0 atom stereocenters. The Balaban J connectivity index is 1.59. The highest BCUT2D eigenvalue weighted by Crippen LogP contribution is 2.41. The molecule has 0 spiro atoms. The molecular weight excluding hydrogens is 356 g/mol. The van der Waals surface area contributed by atoms with E-state index in [1.807, 2.05) is 60.7 Å². The Morgan fingerprint density at radius 3 is 2.56 bits per heavy atom. The van der Waals surface area contributed by atoms with Crippen LogP contribution in [0.4, 0.5) is 5.69 Å². The molecule has 1 fully saturated rings. The van der Waals surface area contributed by atoms with Crippen LogP contribution >= 0.6 is 11.8 Å². The van der Waals surface area contributed by atoms with Crippen LogP contribution in [-0.4, -0.2) is 24.4 Å². The van der Waals surface area contributed by atoms with E-state index in [-0.39, 0.29) is 24.4 Å². The van der Waals surface area contributed by atoms with Gasteiger partial charge in [0.1, 0.15) is 6.54 Å². The summed E-state index contributed by atoms with van der Waals surface area (Å²) in [5, 5.41) is 3.08. The molecule has 0 radical (unpaired) electrons. The van der Waals surface area contributed by atoms with E-state index in [9.17, 15) is 9.59 Å². The van der Waals surface area contributed by atoms with E-state index in [0.29, 0.717) is 4.91 Å². The SMILES string of the molecule is O=C(CN1C(=O)C(=Cc2ccccc2)Sc2ccccc21)NC1CCCC1. The zero-order valence-electron chi connectivity index (χ0n) is 15.1. The van der Waals surface area contributed by atoms with Gasteiger partial charge in [-0.15, -0.1) is 0 Å². The summed E-state index contributed by atoms with van der Waals surface area (Å²) in [7, 11) is 0. The fourth-order valence-corrected chi connectivity index (χ4v) is 4.67. The minimum absolute atomic E-state index is 0.0546. The van der Waals surface area contributed by atoms with Gasteiger partial charge >= 0.3 is 0 Å². The van der Waals surface area contributed by atoms with Gasteiger partial charge in [0.15, 0.2) is 0 Å². The van der Waals surface area contributed by atoms with Crippen molar-refractivity contribution in [2.45, 2.75) is 36.6 Å². The average Bonchev–Trinajstić information content (AvgIpc) is 3.19. The van der Waals surface area contributed by atoms with E-state index < -0.39 is 0 Å². The molecule has 2 aromatic carbocycles. The highest BCUT2D eigenvalue weighted by molar-refractivity contribution is 8.04. The third-order valence-corrected chi connectivity index (χ3v) is 6.03. The summed E-state index contributed by atoms with van der Waals surface area (Å²) in [6.07, 6.45) is 6.29. The van der Waals surface area contributed by atoms with Gasteiger partial charge in [-0.25, -0.2) is 0 Å². The Morgan fingerprint density at radius 2 is 1.78 bits per heavy atom. The normalized spacial score (nSPS) is 18.6. The zero-order valence-corrected chi connectivity index (χ0v) is 15.9. The third kappa shape index (κ3) is 4.08. The van der Waals surface area contributed by atoms with Gasteiger partial charge in [-0.2, -0.15) is 0 Å². The van der Waals surface area contributed by atoms with Crippen LogP contribution in [0.5, 0.6) is 0 Å².